The van der Waals surface area contributed by atoms with Crippen LogP contribution in [0.1, 0.15) is 51.2 Å². The largest absolute Gasteiger partial charge is 0.458 e. The normalized spacial score (nSPS) is 20.6. The summed E-state index contributed by atoms with van der Waals surface area (Å²) in [5, 5.41) is 9.04. The number of hydrogen-bond donors (Lipinski definition) is 3. The number of amides is 2. The molecule has 0 saturated heterocycles. The van der Waals surface area contributed by atoms with Crippen LogP contribution in [0.4, 0.5) is 21.6 Å². The maximum absolute atomic E-state index is 15.3. The van der Waals surface area contributed by atoms with Crippen molar-refractivity contribution < 1.29 is 18.7 Å². The minimum Gasteiger partial charge on any atom is -0.458 e. The van der Waals surface area contributed by atoms with Crippen LogP contribution in [0.2, 0.25) is 0 Å². The summed E-state index contributed by atoms with van der Waals surface area (Å²) in [6.07, 6.45) is 4.53. The van der Waals surface area contributed by atoms with Crippen LogP contribution in [0.3, 0.4) is 0 Å². The summed E-state index contributed by atoms with van der Waals surface area (Å²) < 4.78 is 21.3. The summed E-state index contributed by atoms with van der Waals surface area (Å²) in [6.45, 7) is 7.11. The Morgan fingerprint density at radius 1 is 1.23 bits per heavy atom. The number of carbonyl (C=O) groups excluding carboxylic acids is 2. The van der Waals surface area contributed by atoms with Crippen LogP contribution < -0.4 is 20.7 Å². The number of pyridine rings is 1. The highest BCUT2D eigenvalue weighted by atomic mass is 19.1. The van der Waals surface area contributed by atoms with Gasteiger partial charge in [0, 0.05) is 53.5 Å². The van der Waals surface area contributed by atoms with Crippen LogP contribution in [-0.4, -0.2) is 23.3 Å². The van der Waals surface area contributed by atoms with Crippen molar-refractivity contribution in [3.63, 3.8) is 0 Å². The molecule has 3 heterocycles. The van der Waals surface area contributed by atoms with Crippen molar-refractivity contribution in [1.29, 1.82) is 0 Å². The number of nitrogens with zero attached hydrogens (tertiary/aromatic N) is 1. The highest BCUT2D eigenvalue weighted by Gasteiger charge is 2.30. The zero-order valence-corrected chi connectivity index (χ0v) is 20.1. The van der Waals surface area contributed by atoms with Crippen molar-refractivity contribution in [1.82, 2.24) is 4.98 Å². The lowest BCUT2D eigenvalue weighted by atomic mass is 9.87. The molecule has 0 radical (unpaired) electrons. The van der Waals surface area contributed by atoms with Crippen molar-refractivity contribution >= 4 is 29.0 Å². The average molecular weight is 477 g/mol. The molecule has 1 aliphatic carbocycles. The molecule has 0 bridgehead atoms. The number of rotatable bonds is 4. The summed E-state index contributed by atoms with van der Waals surface area (Å²) in [4.78, 5) is 29.0. The topological polar surface area (TPSA) is 92.3 Å². The quantitative estimate of drug-likeness (QED) is 0.562. The smallest absolute Gasteiger partial charge is 0.251 e. The molecule has 2 amide bonds. The molecule has 3 aliphatic rings. The number of carbonyl (C=O) groups is 2. The molecular weight excluding hydrogens is 447 g/mol. The van der Waals surface area contributed by atoms with E-state index in [1.165, 1.54) is 17.8 Å². The van der Waals surface area contributed by atoms with E-state index in [0.29, 0.717) is 48.5 Å². The van der Waals surface area contributed by atoms with Crippen LogP contribution in [0.15, 0.2) is 53.7 Å². The molecule has 1 aromatic carbocycles. The van der Waals surface area contributed by atoms with Gasteiger partial charge in [0.15, 0.2) is 5.83 Å². The number of fused-ring (bicyclic) bond motifs is 2. The van der Waals surface area contributed by atoms with Crippen LogP contribution in [0.25, 0.3) is 0 Å². The van der Waals surface area contributed by atoms with Crippen LogP contribution >= 0.6 is 0 Å². The van der Waals surface area contributed by atoms with Crippen molar-refractivity contribution in [2.45, 2.75) is 51.9 Å². The molecule has 8 heteroatoms. The van der Waals surface area contributed by atoms with Gasteiger partial charge in [-0.2, -0.15) is 0 Å². The molecule has 182 valence electrons. The molecule has 0 fully saturated rings. The highest BCUT2D eigenvalue weighted by molar-refractivity contribution is 6.04. The van der Waals surface area contributed by atoms with E-state index in [1.807, 2.05) is 25.1 Å². The number of benzene rings is 1. The number of allylic oxidation sites excluding steroid dienone is 3. The first-order valence-corrected chi connectivity index (χ1v) is 12.0. The third kappa shape index (κ3) is 4.52. The fraction of sp³-hybridized carbons (Fsp3) is 0.370. The predicted molar refractivity (Wildman–Crippen MR) is 133 cm³/mol. The summed E-state index contributed by atoms with van der Waals surface area (Å²) in [5.74, 6) is -0.0465. The molecule has 3 N–H and O–H groups in total. The van der Waals surface area contributed by atoms with Gasteiger partial charge in [0.05, 0.1) is 0 Å². The number of anilines is 3. The van der Waals surface area contributed by atoms with E-state index in [9.17, 15) is 9.59 Å². The predicted octanol–water partition coefficient (Wildman–Crippen LogP) is 5.22. The SMILES string of the molecule is C[C@@H]1CCC(Oc2ccnc3c2CCC(=O)N3)=C(F)C=C1C(=O)Nc1ccc2c(c1)NCC2(C)C. The number of aromatic nitrogens is 1. The van der Waals surface area contributed by atoms with E-state index in [0.717, 1.165) is 17.8 Å². The monoisotopic (exact) mass is 476 g/mol. The van der Waals surface area contributed by atoms with Crippen molar-refractivity contribution in [2.24, 2.45) is 5.92 Å². The van der Waals surface area contributed by atoms with Crippen LogP contribution in [-0.2, 0) is 21.4 Å². The summed E-state index contributed by atoms with van der Waals surface area (Å²) in [5.41, 5.74) is 4.06. The molecule has 0 unspecified atom stereocenters. The number of nitrogens with one attached hydrogen (secondary N) is 3. The van der Waals surface area contributed by atoms with E-state index in [2.05, 4.69) is 34.8 Å². The number of hydrogen-bond acceptors (Lipinski definition) is 5. The lowest BCUT2D eigenvalue weighted by Crippen LogP contribution is -2.20. The van der Waals surface area contributed by atoms with Crippen molar-refractivity contribution in [3.8, 4) is 5.75 Å². The molecule has 1 aromatic heterocycles. The third-order valence-electron chi connectivity index (χ3n) is 6.98. The van der Waals surface area contributed by atoms with E-state index >= 15 is 4.39 Å². The molecule has 2 aromatic rings. The van der Waals surface area contributed by atoms with Crippen molar-refractivity contribution in [3.05, 3.63) is 64.8 Å². The maximum atomic E-state index is 15.3. The Morgan fingerprint density at radius 2 is 2.06 bits per heavy atom. The Morgan fingerprint density at radius 3 is 2.89 bits per heavy atom. The van der Waals surface area contributed by atoms with Gasteiger partial charge in [0.2, 0.25) is 5.91 Å². The first kappa shape index (κ1) is 23.1. The Kier molecular flexibility index (Phi) is 5.83. The van der Waals surface area contributed by atoms with Gasteiger partial charge in [0.1, 0.15) is 17.3 Å². The molecule has 0 spiro atoms. The molecule has 35 heavy (non-hydrogen) atoms. The summed E-state index contributed by atoms with van der Waals surface area (Å²) in [7, 11) is 0. The lowest BCUT2D eigenvalue weighted by Gasteiger charge is -2.19. The van der Waals surface area contributed by atoms with Gasteiger partial charge in [-0.25, -0.2) is 9.37 Å². The van der Waals surface area contributed by atoms with Gasteiger partial charge in [-0.05, 0) is 48.6 Å². The van der Waals surface area contributed by atoms with Crippen LogP contribution in [0.5, 0.6) is 5.75 Å². The first-order valence-electron chi connectivity index (χ1n) is 12.0. The lowest BCUT2D eigenvalue weighted by molar-refractivity contribution is -0.116. The zero-order chi connectivity index (χ0) is 24.7. The second-order valence-electron chi connectivity index (χ2n) is 10.0. The van der Waals surface area contributed by atoms with Gasteiger partial charge < -0.3 is 20.7 Å². The number of ether oxygens (including phenoxy) is 1. The fourth-order valence-electron chi connectivity index (χ4n) is 4.83. The van der Waals surface area contributed by atoms with Crippen LogP contribution in [0, 0.1) is 5.92 Å². The van der Waals surface area contributed by atoms with Gasteiger partial charge in [-0.1, -0.05) is 26.8 Å². The second-order valence-corrected chi connectivity index (χ2v) is 10.0. The van der Waals surface area contributed by atoms with E-state index in [-0.39, 0.29) is 28.9 Å². The van der Waals surface area contributed by atoms with E-state index in [1.54, 1.807) is 6.07 Å². The second kappa shape index (κ2) is 8.83. The Hall–Kier alpha value is -3.68. The highest BCUT2D eigenvalue weighted by Crippen LogP contribution is 2.38. The maximum Gasteiger partial charge on any atom is 0.251 e. The van der Waals surface area contributed by atoms with Gasteiger partial charge >= 0.3 is 0 Å². The third-order valence-corrected chi connectivity index (χ3v) is 6.98. The molecular formula is C27H29FN4O3. The molecule has 7 nitrogen and oxygen atoms in total. The van der Waals surface area contributed by atoms with Gasteiger partial charge in [-0.3, -0.25) is 9.59 Å². The van der Waals surface area contributed by atoms with Crippen molar-refractivity contribution in [2.75, 3.05) is 22.5 Å². The molecule has 2 aliphatic heterocycles. The first-order chi connectivity index (χ1) is 16.7. The Labute approximate surface area is 203 Å². The standard InChI is InChI=1S/C27H29FN4O3/c1-15-4-8-23(35-22-10-11-29-25-17(22)6-9-24(33)32-25)20(28)13-18(15)26(34)31-16-5-7-19-21(12-16)30-14-27(19,2)3/h5,7,10-13,15,30H,4,6,8-9,14H2,1-3H3,(H,31,34)(H,29,32,33)/t15-/m1/s1. The molecule has 0 saturated carbocycles. The van der Waals surface area contributed by atoms with Gasteiger partial charge in [-0.15, -0.1) is 0 Å². The zero-order valence-electron chi connectivity index (χ0n) is 20.1. The Bertz CT molecular complexity index is 1280. The average Bonchev–Trinajstić information content (AvgIpc) is 3.04. The Balaban J connectivity index is 1.36. The van der Waals surface area contributed by atoms with E-state index in [4.69, 9.17) is 4.74 Å². The summed E-state index contributed by atoms with van der Waals surface area (Å²) >= 11 is 0. The fourth-order valence-corrected chi connectivity index (χ4v) is 4.83. The molecule has 1 atom stereocenters. The summed E-state index contributed by atoms with van der Waals surface area (Å²) in [6, 6.07) is 7.51. The number of halogens is 1. The molecule has 5 rings (SSSR count). The van der Waals surface area contributed by atoms with Gasteiger partial charge in [0.25, 0.3) is 5.91 Å². The minimum absolute atomic E-state index is 0.0418. The van der Waals surface area contributed by atoms with E-state index < -0.39 is 5.83 Å². The minimum atomic E-state index is -0.567.